The third kappa shape index (κ3) is 4.51. The average Bonchev–Trinajstić information content (AvgIpc) is 2.87. The van der Waals surface area contributed by atoms with Gasteiger partial charge in [0.15, 0.2) is 0 Å². The summed E-state index contributed by atoms with van der Waals surface area (Å²) in [5.41, 5.74) is -1.14. The van der Waals surface area contributed by atoms with Gasteiger partial charge in [-0.05, 0) is 44.1 Å². The second-order valence-electron chi connectivity index (χ2n) is 5.21. The van der Waals surface area contributed by atoms with E-state index in [1.165, 1.54) is 4.31 Å². The number of hydrogen-bond acceptors (Lipinski definition) is 3. The Morgan fingerprint density at radius 3 is 2.61 bits per heavy atom. The molecule has 1 aliphatic heterocycles. The number of nitrogens with one attached hydrogen (secondary N) is 1. The maximum absolute atomic E-state index is 12.9. The molecule has 1 heterocycles. The smallest absolute Gasteiger partial charge is 0.319 e. The summed E-state index contributed by atoms with van der Waals surface area (Å²) in [5.74, 6) is 0.161. The number of alkyl halides is 3. The molecule has 0 aliphatic carbocycles. The van der Waals surface area contributed by atoms with E-state index in [9.17, 15) is 21.6 Å². The van der Waals surface area contributed by atoms with Crippen LogP contribution in [-0.4, -0.2) is 39.4 Å². The minimum absolute atomic E-state index is 0. The third-order valence-electron chi connectivity index (χ3n) is 3.62. The Balaban J connectivity index is 0.00000264. The Hall–Kier alpha value is -0.540. The molecule has 0 spiro atoms. The molecule has 1 saturated heterocycles. The summed E-state index contributed by atoms with van der Waals surface area (Å²) in [4.78, 5) is -0.380. The van der Waals surface area contributed by atoms with Crippen molar-refractivity contribution in [1.82, 2.24) is 9.62 Å². The molecule has 0 radical (unpaired) electrons. The van der Waals surface area contributed by atoms with Gasteiger partial charge in [-0.2, -0.15) is 17.5 Å². The lowest BCUT2D eigenvalue weighted by Crippen LogP contribution is -2.30. The summed E-state index contributed by atoms with van der Waals surface area (Å²) in [6.07, 6.45) is -4.01. The number of hydrogen-bond donors (Lipinski definition) is 1. The molecule has 1 N–H and O–H groups in total. The van der Waals surface area contributed by atoms with Crippen molar-refractivity contribution in [1.29, 1.82) is 0 Å². The predicted octanol–water partition coefficient (Wildman–Crippen LogP) is 3.01. The zero-order valence-electron chi connectivity index (χ0n) is 12.2. The summed E-state index contributed by atoms with van der Waals surface area (Å²) in [5, 5.41) is 2.46. The number of halogens is 5. The summed E-state index contributed by atoms with van der Waals surface area (Å²) in [7, 11) is -2.17. The fourth-order valence-electron chi connectivity index (χ4n) is 2.50. The lowest BCUT2D eigenvalue weighted by molar-refractivity contribution is -0.137. The molecular weight excluding hydrogens is 376 g/mol. The van der Waals surface area contributed by atoms with Crippen LogP contribution in [0.25, 0.3) is 0 Å². The van der Waals surface area contributed by atoms with Crippen molar-refractivity contribution >= 4 is 34.0 Å². The van der Waals surface area contributed by atoms with Crippen molar-refractivity contribution in [3.63, 3.8) is 0 Å². The van der Waals surface area contributed by atoms with Gasteiger partial charge in [0.1, 0.15) is 0 Å². The molecule has 1 unspecified atom stereocenters. The zero-order chi connectivity index (χ0) is 16.5. The Morgan fingerprint density at radius 2 is 2.04 bits per heavy atom. The third-order valence-corrected chi connectivity index (χ3v) is 5.81. The second kappa shape index (κ2) is 7.57. The van der Waals surface area contributed by atoms with Gasteiger partial charge >= 0.3 is 6.18 Å². The van der Waals surface area contributed by atoms with Gasteiger partial charge in [-0.15, -0.1) is 12.4 Å². The topological polar surface area (TPSA) is 49.4 Å². The highest BCUT2D eigenvalue weighted by molar-refractivity contribution is 7.89. The Bertz CT molecular complexity index is 653. The fourth-order valence-corrected chi connectivity index (χ4v) is 4.28. The van der Waals surface area contributed by atoms with Crippen molar-refractivity contribution < 1.29 is 21.6 Å². The van der Waals surface area contributed by atoms with Crippen LogP contribution in [0.1, 0.15) is 12.0 Å². The van der Waals surface area contributed by atoms with Crippen molar-refractivity contribution in [3.05, 3.63) is 28.8 Å². The molecule has 0 bridgehead atoms. The van der Waals surface area contributed by atoms with Crippen molar-refractivity contribution in [2.75, 3.05) is 26.7 Å². The molecule has 0 aromatic heterocycles. The van der Waals surface area contributed by atoms with Gasteiger partial charge in [-0.3, -0.25) is 0 Å². The number of sulfonamides is 1. The lowest BCUT2D eigenvalue weighted by Gasteiger charge is -2.18. The Labute approximate surface area is 144 Å². The van der Waals surface area contributed by atoms with Gasteiger partial charge in [-0.1, -0.05) is 11.6 Å². The van der Waals surface area contributed by atoms with Gasteiger partial charge < -0.3 is 5.32 Å². The van der Waals surface area contributed by atoms with E-state index < -0.39 is 26.8 Å². The highest BCUT2D eigenvalue weighted by atomic mass is 35.5. The van der Waals surface area contributed by atoms with Crippen LogP contribution in [0.2, 0.25) is 5.02 Å². The summed E-state index contributed by atoms with van der Waals surface area (Å²) < 4.78 is 64.7. The van der Waals surface area contributed by atoms with E-state index in [1.807, 2.05) is 0 Å². The minimum Gasteiger partial charge on any atom is -0.319 e. The van der Waals surface area contributed by atoms with Crippen molar-refractivity contribution in [3.8, 4) is 0 Å². The van der Waals surface area contributed by atoms with Gasteiger partial charge in [-0.25, -0.2) is 8.42 Å². The van der Waals surface area contributed by atoms with Gasteiger partial charge in [0.2, 0.25) is 10.0 Å². The van der Waals surface area contributed by atoms with E-state index in [0.29, 0.717) is 32.1 Å². The Kier molecular flexibility index (Phi) is 6.74. The largest absolute Gasteiger partial charge is 0.417 e. The number of nitrogens with zero attached hydrogens (tertiary/aromatic N) is 1. The van der Waals surface area contributed by atoms with Gasteiger partial charge in [0, 0.05) is 13.1 Å². The predicted molar refractivity (Wildman–Crippen MR) is 84.5 cm³/mol. The van der Waals surface area contributed by atoms with Crippen molar-refractivity contribution in [2.24, 2.45) is 5.92 Å². The van der Waals surface area contributed by atoms with E-state index in [1.54, 1.807) is 7.05 Å². The van der Waals surface area contributed by atoms with E-state index >= 15 is 0 Å². The minimum atomic E-state index is -4.69. The fraction of sp³-hybridized carbons (Fsp3) is 0.538. The molecule has 1 aliphatic rings. The molecule has 132 valence electrons. The monoisotopic (exact) mass is 392 g/mol. The molecule has 1 aromatic carbocycles. The molecule has 0 amide bonds. The quantitative estimate of drug-likeness (QED) is 0.856. The first kappa shape index (κ1) is 20.5. The van der Waals surface area contributed by atoms with Crippen molar-refractivity contribution in [2.45, 2.75) is 17.5 Å². The normalized spacial score (nSPS) is 19.6. The van der Waals surface area contributed by atoms with Crippen LogP contribution < -0.4 is 5.32 Å². The molecule has 10 heteroatoms. The molecule has 4 nitrogen and oxygen atoms in total. The summed E-state index contributed by atoms with van der Waals surface area (Å²) >= 11 is 5.52. The van der Waals surface area contributed by atoms with E-state index in [0.717, 1.165) is 12.1 Å². The first-order valence-corrected chi connectivity index (χ1v) is 8.49. The molecule has 1 aromatic rings. The molecular formula is C13H17Cl2F3N2O2S. The number of rotatable bonds is 4. The molecule has 1 atom stereocenters. The van der Waals surface area contributed by atoms with Gasteiger partial charge in [0.25, 0.3) is 0 Å². The molecule has 1 fully saturated rings. The molecule has 0 saturated carbocycles. The molecule has 2 rings (SSSR count). The SMILES string of the molecule is CNCC1CCN(S(=O)(=O)c2ccc(Cl)c(C(F)(F)F)c2)C1.Cl. The maximum atomic E-state index is 12.9. The van der Waals surface area contributed by atoms with Crippen LogP contribution >= 0.6 is 24.0 Å². The van der Waals surface area contributed by atoms with Crippen LogP contribution in [0.5, 0.6) is 0 Å². The van der Waals surface area contributed by atoms with E-state index in [2.05, 4.69) is 5.32 Å². The first-order valence-electron chi connectivity index (χ1n) is 6.67. The van der Waals surface area contributed by atoms with Crippen LogP contribution in [0.4, 0.5) is 13.2 Å². The van der Waals surface area contributed by atoms with E-state index in [4.69, 9.17) is 11.6 Å². The highest BCUT2D eigenvalue weighted by Crippen LogP contribution is 2.36. The van der Waals surface area contributed by atoms with Crippen LogP contribution in [0.15, 0.2) is 23.1 Å². The van der Waals surface area contributed by atoms with Crippen LogP contribution in [-0.2, 0) is 16.2 Å². The highest BCUT2D eigenvalue weighted by Gasteiger charge is 2.37. The van der Waals surface area contributed by atoms with Crippen LogP contribution in [0, 0.1) is 5.92 Å². The summed E-state index contributed by atoms with van der Waals surface area (Å²) in [6, 6.07) is 2.68. The van der Waals surface area contributed by atoms with Gasteiger partial charge in [0.05, 0.1) is 15.5 Å². The number of benzene rings is 1. The summed E-state index contributed by atoms with van der Waals surface area (Å²) in [6.45, 7) is 1.27. The average molecular weight is 393 g/mol. The van der Waals surface area contributed by atoms with E-state index in [-0.39, 0.29) is 23.2 Å². The zero-order valence-corrected chi connectivity index (χ0v) is 14.6. The molecule has 23 heavy (non-hydrogen) atoms. The maximum Gasteiger partial charge on any atom is 0.417 e. The van der Waals surface area contributed by atoms with Crippen LogP contribution in [0.3, 0.4) is 0 Å². The standard InChI is InChI=1S/C13H16ClF3N2O2S.ClH/c1-18-7-9-4-5-19(8-9)22(20,21)10-2-3-12(14)11(6-10)13(15,16)17;/h2-3,6,9,18H,4-5,7-8H2,1H3;1H. The first-order chi connectivity index (χ1) is 10.2. The lowest BCUT2D eigenvalue weighted by atomic mass is 10.1. The Morgan fingerprint density at radius 1 is 1.39 bits per heavy atom. The second-order valence-corrected chi connectivity index (χ2v) is 7.56.